The summed E-state index contributed by atoms with van der Waals surface area (Å²) >= 11 is 3.42. The van der Waals surface area contributed by atoms with E-state index in [1.165, 1.54) is 11.3 Å². The van der Waals surface area contributed by atoms with E-state index in [4.69, 9.17) is 0 Å². The quantitative estimate of drug-likeness (QED) is 0.746. The van der Waals surface area contributed by atoms with Gasteiger partial charge in [0.05, 0.1) is 0 Å². The molecule has 0 atom stereocenters. The van der Waals surface area contributed by atoms with Crippen LogP contribution in [0.3, 0.4) is 0 Å². The molecule has 66 valence electrons. The lowest BCUT2D eigenvalue weighted by Gasteiger charge is -2.00. The minimum Gasteiger partial charge on any atom is -0.265 e. The number of benzene rings is 1. The molecule has 13 heavy (non-hydrogen) atoms. The Hall–Kier alpha value is -0.890. The molecule has 2 rings (SSSR count). The summed E-state index contributed by atoms with van der Waals surface area (Å²) in [6.45, 7) is 0. The second kappa shape index (κ2) is 3.88. The SMILES string of the molecule is Brc1ccc(CC2=NC=CC2)cc1. The van der Waals surface area contributed by atoms with Crippen molar-refractivity contribution in [1.82, 2.24) is 0 Å². The summed E-state index contributed by atoms with van der Waals surface area (Å²) in [5, 5.41) is 0. The van der Waals surface area contributed by atoms with Crippen LogP contribution in [0.1, 0.15) is 12.0 Å². The van der Waals surface area contributed by atoms with Crippen molar-refractivity contribution >= 4 is 21.6 Å². The number of hydrogen-bond acceptors (Lipinski definition) is 1. The molecular weight excluding hydrogens is 226 g/mol. The van der Waals surface area contributed by atoms with Gasteiger partial charge in [-0.2, -0.15) is 0 Å². The van der Waals surface area contributed by atoms with E-state index < -0.39 is 0 Å². The fraction of sp³-hybridized carbons (Fsp3) is 0.182. The van der Waals surface area contributed by atoms with Crippen molar-refractivity contribution in [3.63, 3.8) is 0 Å². The van der Waals surface area contributed by atoms with Crippen molar-refractivity contribution in [3.8, 4) is 0 Å². The Labute approximate surface area is 86.3 Å². The number of halogens is 1. The van der Waals surface area contributed by atoms with Crippen LogP contribution in [0.2, 0.25) is 0 Å². The van der Waals surface area contributed by atoms with Crippen LogP contribution in [0.15, 0.2) is 46.0 Å². The first-order valence-corrected chi connectivity index (χ1v) is 5.09. The van der Waals surface area contributed by atoms with Crippen LogP contribution in [-0.2, 0) is 6.42 Å². The van der Waals surface area contributed by atoms with Gasteiger partial charge in [-0.05, 0) is 17.7 Å². The van der Waals surface area contributed by atoms with Crippen molar-refractivity contribution in [2.75, 3.05) is 0 Å². The van der Waals surface area contributed by atoms with Gasteiger partial charge in [-0.15, -0.1) is 0 Å². The average molecular weight is 236 g/mol. The van der Waals surface area contributed by atoms with Gasteiger partial charge in [-0.1, -0.05) is 34.1 Å². The Kier molecular flexibility index (Phi) is 2.60. The number of aliphatic imine (C=N–C) groups is 1. The van der Waals surface area contributed by atoms with E-state index in [2.05, 4.69) is 51.3 Å². The molecule has 0 saturated heterocycles. The van der Waals surface area contributed by atoms with Crippen LogP contribution in [0, 0.1) is 0 Å². The molecule has 0 unspecified atom stereocenters. The molecule has 0 N–H and O–H groups in total. The molecule has 1 aliphatic heterocycles. The zero-order valence-corrected chi connectivity index (χ0v) is 8.79. The highest BCUT2D eigenvalue weighted by molar-refractivity contribution is 9.10. The third-order valence-electron chi connectivity index (χ3n) is 2.04. The molecule has 0 radical (unpaired) electrons. The van der Waals surface area contributed by atoms with Gasteiger partial charge in [0, 0.05) is 29.2 Å². The third kappa shape index (κ3) is 2.28. The van der Waals surface area contributed by atoms with Crippen molar-refractivity contribution < 1.29 is 0 Å². The molecule has 1 nitrogen and oxygen atoms in total. The maximum Gasteiger partial charge on any atom is 0.0261 e. The number of hydrogen-bond donors (Lipinski definition) is 0. The number of rotatable bonds is 2. The highest BCUT2D eigenvalue weighted by Crippen LogP contribution is 2.13. The standard InChI is InChI=1S/C11H10BrN/c12-10-5-3-9(4-6-10)8-11-2-1-7-13-11/h1,3-7H,2,8H2. The molecule has 1 aromatic rings. The molecule has 0 bridgehead atoms. The second-order valence-corrected chi connectivity index (χ2v) is 4.00. The monoisotopic (exact) mass is 235 g/mol. The smallest absolute Gasteiger partial charge is 0.0261 e. The summed E-state index contributed by atoms with van der Waals surface area (Å²) in [5.41, 5.74) is 2.58. The van der Waals surface area contributed by atoms with Crippen LogP contribution in [0.25, 0.3) is 0 Å². The highest BCUT2D eigenvalue weighted by atomic mass is 79.9. The summed E-state index contributed by atoms with van der Waals surface area (Å²) in [6, 6.07) is 8.40. The van der Waals surface area contributed by atoms with Gasteiger partial charge < -0.3 is 0 Å². The molecule has 1 aromatic carbocycles. The van der Waals surface area contributed by atoms with Crippen LogP contribution >= 0.6 is 15.9 Å². The van der Waals surface area contributed by atoms with E-state index in [-0.39, 0.29) is 0 Å². The van der Waals surface area contributed by atoms with Crippen molar-refractivity contribution in [3.05, 3.63) is 46.6 Å². The van der Waals surface area contributed by atoms with E-state index in [1.807, 2.05) is 6.20 Å². The van der Waals surface area contributed by atoms with Crippen molar-refractivity contribution in [2.24, 2.45) is 4.99 Å². The number of nitrogens with zero attached hydrogens (tertiary/aromatic N) is 1. The maximum atomic E-state index is 4.28. The summed E-state index contributed by atoms with van der Waals surface area (Å²) in [6.07, 6.45) is 5.96. The van der Waals surface area contributed by atoms with Gasteiger partial charge in [-0.25, -0.2) is 0 Å². The minimum atomic E-state index is 0.972. The molecule has 0 saturated carbocycles. The molecule has 0 fully saturated rings. The van der Waals surface area contributed by atoms with Gasteiger partial charge in [0.15, 0.2) is 0 Å². The third-order valence-corrected chi connectivity index (χ3v) is 2.57. The molecular formula is C11H10BrN. The first-order chi connectivity index (χ1) is 6.34. The van der Waals surface area contributed by atoms with Crippen LogP contribution < -0.4 is 0 Å². The van der Waals surface area contributed by atoms with Gasteiger partial charge in [0.1, 0.15) is 0 Å². The molecule has 0 aromatic heterocycles. The number of allylic oxidation sites excluding steroid dienone is 1. The first-order valence-electron chi connectivity index (χ1n) is 4.29. The van der Waals surface area contributed by atoms with Crippen molar-refractivity contribution in [1.29, 1.82) is 0 Å². The normalized spacial score (nSPS) is 14.7. The Balaban J connectivity index is 2.06. The lowest BCUT2D eigenvalue weighted by molar-refractivity contribution is 1.27. The zero-order valence-electron chi connectivity index (χ0n) is 7.20. The molecule has 1 aliphatic rings. The zero-order chi connectivity index (χ0) is 9.10. The highest BCUT2D eigenvalue weighted by Gasteiger charge is 2.02. The summed E-state index contributed by atoms with van der Waals surface area (Å²) in [4.78, 5) is 4.28. The van der Waals surface area contributed by atoms with Gasteiger partial charge in [0.25, 0.3) is 0 Å². The largest absolute Gasteiger partial charge is 0.265 e. The minimum absolute atomic E-state index is 0.972. The lowest BCUT2D eigenvalue weighted by Crippen LogP contribution is -1.98. The van der Waals surface area contributed by atoms with Crippen LogP contribution in [0.4, 0.5) is 0 Å². The first kappa shape index (κ1) is 8.70. The van der Waals surface area contributed by atoms with Crippen LogP contribution in [0.5, 0.6) is 0 Å². The topological polar surface area (TPSA) is 12.4 Å². The summed E-state index contributed by atoms with van der Waals surface area (Å²) in [5.74, 6) is 0. The molecule has 0 amide bonds. The maximum absolute atomic E-state index is 4.28. The molecule has 0 spiro atoms. The van der Waals surface area contributed by atoms with E-state index in [9.17, 15) is 0 Å². The second-order valence-electron chi connectivity index (χ2n) is 3.09. The van der Waals surface area contributed by atoms with Gasteiger partial charge in [0.2, 0.25) is 0 Å². The molecule has 2 heteroatoms. The Morgan fingerprint density at radius 2 is 2.00 bits per heavy atom. The van der Waals surface area contributed by atoms with Gasteiger partial charge >= 0.3 is 0 Å². The lowest BCUT2D eigenvalue weighted by atomic mass is 10.1. The van der Waals surface area contributed by atoms with E-state index >= 15 is 0 Å². The summed E-state index contributed by atoms with van der Waals surface area (Å²) < 4.78 is 1.13. The van der Waals surface area contributed by atoms with E-state index in [1.54, 1.807) is 0 Å². The van der Waals surface area contributed by atoms with E-state index in [0.29, 0.717) is 0 Å². The Bertz CT molecular complexity index is 349. The fourth-order valence-corrected chi connectivity index (χ4v) is 1.62. The Morgan fingerprint density at radius 1 is 1.23 bits per heavy atom. The van der Waals surface area contributed by atoms with E-state index in [0.717, 1.165) is 17.3 Å². The predicted molar refractivity (Wildman–Crippen MR) is 59.0 cm³/mol. The molecule has 0 aliphatic carbocycles. The van der Waals surface area contributed by atoms with Gasteiger partial charge in [-0.3, -0.25) is 4.99 Å². The predicted octanol–water partition coefficient (Wildman–Crippen LogP) is 3.35. The van der Waals surface area contributed by atoms with Crippen LogP contribution in [-0.4, -0.2) is 5.71 Å². The average Bonchev–Trinajstić information content (AvgIpc) is 2.62. The van der Waals surface area contributed by atoms with Crippen molar-refractivity contribution in [2.45, 2.75) is 12.8 Å². The molecule has 1 heterocycles. The Morgan fingerprint density at radius 3 is 2.62 bits per heavy atom. The summed E-state index contributed by atoms with van der Waals surface area (Å²) in [7, 11) is 0. The fourth-order valence-electron chi connectivity index (χ4n) is 1.36.